The van der Waals surface area contributed by atoms with Crippen LogP contribution >= 0.6 is 0 Å². The third-order valence-electron chi connectivity index (χ3n) is 3.35. The van der Waals surface area contributed by atoms with E-state index in [1.54, 1.807) is 18.2 Å². The van der Waals surface area contributed by atoms with Crippen molar-refractivity contribution in [2.75, 3.05) is 0 Å². The fourth-order valence-electron chi connectivity index (χ4n) is 2.00. The maximum absolute atomic E-state index is 11.7. The van der Waals surface area contributed by atoms with Gasteiger partial charge in [-0.3, -0.25) is 0 Å². The first kappa shape index (κ1) is 18.8. The Morgan fingerprint density at radius 2 is 1.77 bits per heavy atom. The predicted octanol–water partition coefficient (Wildman–Crippen LogP) is 1.39. The highest BCUT2D eigenvalue weighted by Crippen LogP contribution is 2.23. The number of nitrogens with two attached hydrogens (primary N) is 1. The molecule has 0 aliphatic heterocycles. The van der Waals surface area contributed by atoms with Crippen LogP contribution in [0.2, 0.25) is 0 Å². The van der Waals surface area contributed by atoms with E-state index in [0.29, 0.717) is 11.1 Å². The standard InChI is InChI=1S/C18H17NO7/c19-14(9-12-5-7-13(20)10-16(12)22)18(24)26-25-17(23)8-6-11-3-1-2-4-15(11)21/h1-8,10,14,20-22H,9,19H2/b8-6+. The second kappa shape index (κ2) is 8.54. The molecule has 1 unspecified atom stereocenters. The first-order valence-corrected chi connectivity index (χ1v) is 7.51. The van der Waals surface area contributed by atoms with E-state index in [0.717, 1.165) is 12.1 Å². The van der Waals surface area contributed by atoms with Gasteiger partial charge in [0.25, 0.3) is 0 Å². The minimum Gasteiger partial charge on any atom is -0.508 e. The summed E-state index contributed by atoms with van der Waals surface area (Å²) in [5, 5.41) is 28.4. The largest absolute Gasteiger partial charge is 0.508 e. The number of carbonyl (C=O) groups is 2. The molecule has 0 radical (unpaired) electrons. The lowest BCUT2D eigenvalue weighted by atomic mass is 10.1. The van der Waals surface area contributed by atoms with Gasteiger partial charge in [0.2, 0.25) is 0 Å². The van der Waals surface area contributed by atoms with Crippen LogP contribution in [-0.4, -0.2) is 33.3 Å². The van der Waals surface area contributed by atoms with E-state index in [9.17, 15) is 24.9 Å². The van der Waals surface area contributed by atoms with Gasteiger partial charge in [-0.15, -0.1) is 0 Å². The lowest BCUT2D eigenvalue weighted by molar-refractivity contribution is -0.255. The molecule has 2 aromatic carbocycles. The van der Waals surface area contributed by atoms with Gasteiger partial charge in [0.15, 0.2) is 0 Å². The van der Waals surface area contributed by atoms with Crippen molar-refractivity contribution in [1.82, 2.24) is 0 Å². The molecule has 2 rings (SSSR count). The molecular weight excluding hydrogens is 342 g/mol. The lowest BCUT2D eigenvalue weighted by Gasteiger charge is -2.10. The first-order chi connectivity index (χ1) is 12.4. The van der Waals surface area contributed by atoms with Crippen LogP contribution in [0, 0.1) is 0 Å². The maximum Gasteiger partial charge on any atom is 0.379 e. The third kappa shape index (κ3) is 5.25. The Morgan fingerprint density at radius 3 is 2.46 bits per heavy atom. The number of phenolic OH excluding ortho intramolecular Hbond substituents is 3. The van der Waals surface area contributed by atoms with E-state index in [-0.39, 0.29) is 23.7 Å². The molecule has 5 N–H and O–H groups in total. The van der Waals surface area contributed by atoms with Crippen molar-refractivity contribution in [3.8, 4) is 17.2 Å². The molecule has 0 bridgehead atoms. The molecule has 0 spiro atoms. The molecular formula is C18H17NO7. The molecule has 0 aliphatic carbocycles. The highest BCUT2D eigenvalue weighted by molar-refractivity contribution is 5.88. The van der Waals surface area contributed by atoms with Crippen LogP contribution in [0.25, 0.3) is 6.08 Å². The lowest BCUT2D eigenvalue weighted by Crippen LogP contribution is -2.34. The molecule has 0 fully saturated rings. The van der Waals surface area contributed by atoms with Crippen molar-refractivity contribution >= 4 is 18.0 Å². The Balaban J connectivity index is 1.85. The Hall–Kier alpha value is -3.52. The van der Waals surface area contributed by atoms with Crippen LogP contribution in [-0.2, 0) is 25.8 Å². The average Bonchev–Trinajstić information content (AvgIpc) is 2.61. The second-order valence-electron chi connectivity index (χ2n) is 5.32. The molecule has 0 aliphatic rings. The summed E-state index contributed by atoms with van der Waals surface area (Å²) in [5.74, 6) is -2.37. The summed E-state index contributed by atoms with van der Waals surface area (Å²) in [5.41, 5.74) is 6.34. The van der Waals surface area contributed by atoms with E-state index in [1.165, 1.54) is 24.3 Å². The van der Waals surface area contributed by atoms with Crippen molar-refractivity contribution in [3.05, 3.63) is 59.7 Å². The molecule has 0 saturated heterocycles. The van der Waals surface area contributed by atoms with Crippen LogP contribution in [0.5, 0.6) is 17.2 Å². The summed E-state index contributed by atoms with van der Waals surface area (Å²) >= 11 is 0. The minimum absolute atomic E-state index is 0.0238. The first-order valence-electron chi connectivity index (χ1n) is 7.51. The van der Waals surface area contributed by atoms with Crippen LogP contribution in [0.15, 0.2) is 48.5 Å². The number of carbonyl (C=O) groups excluding carboxylic acids is 2. The van der Waals surface area contributed by atoms with Gasteiger partial charge in [0.05, 0.1) is 0 Å². The predicted molar refractivity (Wildman–Crippen MR) is 90.8 cm³/mol. The van der Waals surface area contributed by atoms with Gasteiger partial charge in [-0.1, -0.05) is 24.3 Å². The Morgan fingerprint density at radius 1 is 1.04 bits per heavy atom. The van der Waals surface area contributed by atoms with Gasteiger partial charge >= 0.3 is 11.9 Å². The fraction of sp³-hybridized carbons (Fsp3) is 0.111. The fourth-order valence-corrected chi connectivity index (χ4v) is 2.00. The van der Waals surface area contributed by atoms with E-state index in [2.05, 4.69) is 9.78 Å². The molecule has 0 saturated carbocycles. The minimum atomic E-state index is -1.19. The van der Waals surface area contributed by atoms with Gasteiger partial charge in [-0.05, 0) is 23.8 Å². The van der Waals surface area contributed by atoms with Gasteiger partial charge in [-0.2, -0.15) is 0 Å². The van der Waals surface area contributed by atoms with Crippen molar-refractivity contribution in [2.24, 2.45) is 5.73 Å². The topological polar surface area (TPSA) is 139 Å². The number of hydrogen-bond donors (Lipinski definition) is 4. The SMILES string of the molecule is NC(Cc1ccc(O)cc1O)C(=O)OOC(=O)/C=C/c1ccccc1O. The molecule has 26 heavy (non-hydrogen) atoms. The summed E-state index contributed by atoms with van der Waals surface area (Å²) in [4.78, 5) is 32.0. The third-order valence-corrected chi connectivity index (χ3v) is 3.35. The molecule has 0 aromatic heterocycles. The number of benzene rings is 2. The molecule has 0 heterocycles. The Bertz CT molecular complexity index is 832. The normalized spacial score (nSPS) is 11.9. The number of aromatic hydroxyl groups is 3. The van der Waals surface area contributed by atoms with Crippen LogP contribution in [0.4, 0.5) is 0 Å². The zero-order valence-corrected chi connectivity index (χ0v) is 13.5. The monoisotopic (exact) mass is 359 g/mol. The average molecular weight is 359 g/mol. The van der Waals surface area contributed by atoms with Gasteiger partial charge in [-0.25, -0.2) is 19.4 Å². The summed E-state index contributed by atoms with van der Waals surface area (Å²) in [6.45, 7) is 0. The molecule has 2 aromatic rings. The van der Waals surface area contributed by atoms with Gasteiger partial charge in [0, 0.05) is 24.1 Å². The smallest absolute Gasteiger partial charge is 0.379 e. The molecule has 136 valence electrons. The Kier molecular flexibility index (Phi) is 6.18. The molecule has 0 amide bonds. The zero-order chi connectivity index (χ0) is 19.1. The van der Waals surface area contributed by atoms with Crippen molar-refractivity contribution < 1.29 is 34.7 Å². The molecule has 8 nitrogen and oxygen atoms in total. The Labute approximate surface area is 148 Å². The second-order valence-corrected chi connectivity index (χ2v) is 5.32. The summed E-state index contributed by atoms with van der Waals surface area (Å²) < 4.78 is 0. The van der Waals surface area contributed by atoms with E-state index >= 15 is 0 Å². The summed E-state index contributed by atoms with van der Waals surface area (Å²) in [7, 11) is 0. The number of para-hydroxylation sites is 1. The number of rotatable bonds is 5. The van der Waals surface area contributed by atoms with Crippen molar-refractivity contribution in [3.63, 3.8) is 0 Å². The van der Waals surface area contributed by atoms with E-state index in [1.807, 2.05) is 0 Å². The van der Waals surface area contributed by atoms with Crippen molar-refractivity contribution in [2.45, 2.75) is 12.5 Å². The zero-order valence-electron chi connectivity index (χ0n) is 13.5. The highest BCUT2D eigenvalue weighted by atomic mass is 17.2. The highest BCUT2D eigenvalue weighted by Gasteiger charge is 2.20. The van der Waals surface area contributed by atoms with Crippen LogP contribution < -0.4 is 5.73 Å². The van der Waals surface area contributed by atoms with Crippen LogP contribution in [0.1, 0.15) is 11.1 Å². The summed E-state index contributed by atoms with van der Waals surface area (Å²) in [6.07, 6.45) is 2.18. The quantitative estimate of drug-likeness (QED) is 0.357. The van der Waals surface area contributed by atoms with Crippen molar-refractivity contribution in [1.29, 1.82) is 0 Å². The molecule has 8 heteroatoms. The van der Waals surface area contributed by atoms with E-state index < -0.39 is 18.0 Å². The molecule has 1 atom stereocenters. The van der Waals surface area contributed by atoms with Gasteiger partial charge < -0.3 is 21.1 Å². The number of hydrogen-bond acceptors (Lipinski definition) is 8. The maximum atomic E-state index is 11.7. The van der Waals surface area contributed by atoms with Gasteiger partial charge in [0.1, 0.15) is 23.3 Å². The summed E-state index contributed by atoms with van der Waals surface area (Å²) in [6, 6.07) is 8.96. The van der Waals surface area contributed by atoms with E-state index in [4.69, 9.17) is 5.73 Å². The number of phenols is 3. The van der Waals surface area contributed by atoms with Crippen LogP contribution in [0.3, 0.4) is 0 Å².